The Kier molecular flexibility index (Phi) is 3.77. The van der Waals surface area contributed by atoms with Gasteiger partial charge in [0.1, 0.15) is 4.90 Å². The summed E-state index contributed by atoms with van der Waals surface area (Å²) in [6.45, 7) is 1.79. The van der Waals surface area contributed by atoms with Crippen molar-refractivity contribution in [1.82, 2.24) is 4.98 Å². The van der Waals surface area contributed by atoms with E-state index in [1.54, 1.807) is 25.1 Å². The third kappa shape index (κ3) is 3.24. The van der Waals surface area contributed by atoms with Crippen LogP contribution in [0.5, 0.6) is 0 Å². The van der Waals surface area contributed by atoms with E-state index < -0.39 is 10.0 Å². The zero-order valence-corrected chi connectivity index (χ0v) is 12.5. The number of nitrogens with two attached hydrogens (primary N) is 1. The highest BCUT2D eigenvalue weighted by atomic mass is 79.9. The summed E-state index contributed by atoms with van der Waals surface area (Å²) in [5, 5.41) is 0. The van der Waals surface area contributed by atoms with Crippen LogP contribution in [0.3, 0.4) is 0 Å². The lowest BCUT2D eigenvalue weighted by molar-refractivity contribution is 0.600. The third-order valence-corrected chi connectivity index (χ3v) is 4.25. The summed E-state index contributed by atoms with van der Waals surface area (Å²) >= 11 is 3.19. The topological polar surface area (TPSA) is 85.1 Å². The van der Waals surface area contributed by atoms with Gasteiger partial charge in [0, 0.05) is 22.6 Å². The van der Waals surface area contributed by atoms with E-state index in [4.69, 9.17) is 5.73 Å². The van der Waals surface area contributed by atoms with E-state index in [1.165, 1.54) is 18.5 Å². The van der Waals surface area contributed by atoms with Gasteiger partial charge in [-0.1, -0.05) is 0 Å². The lowest BCUT2D eigenvalue weighted by Crippen LogP contribution is -2.14. The number of nitrogens with one attached hydrogen (secondary N) is 1. The van der Waals surface area contributed by atoms with Crippen LogP contribution in [0.4, 0.5) is 11.4 Å². The molecule has 0 bridgehead atoms. The molecule has 0 saturated heterocycles. The molecule has 1 aromatic carbocycles. The maximum absolute atomic E-state index is 12.2. The summed E-state index contributed by atoms with van der Waals surface area (Å²) < 4.78 is 27.5. The van der Waals surface area contributed by atoms with Crippen molar-refractivity contribution < 1.29 is 8.42 Å². The quantitative estimate of drug-likeness (QED) is 0.840. The summed E-state index contributed by atoms with van der Waals surface area (Å²) in [5.41, 5.74) is 7.47. The lowest BCUT2D eigenvalue weighted by Gasteiger charge is -2.11. The van der Waals surface area contributed by atoms with Gasteiger partial charge in [-0.2, -0.15) is 0 Å². The number of hydrogen-bond donors (Lipinski definition) is 2. The standard InChI is InChI=1S/C12H12BrN3O2S/c1-8-4-10(14)2-3-12(8)16-19(17,18)11-5-9(13)6-15-7-11/h2-7,16H,14H2,1H3. The Morgan fingerprint density at radius 1 is 1.26 bits per heavy atom. The van der Waals surface area contributed by atoms with Gasteiger partial charge >= 0.3 is 0 Å². The van der Waals surface area contributed by atoms with E-state index in [0.717, 1.165) is 5.56 Å². The minimum absolute atomic E-state index is 0.0955. The number of rotatable bonds is 3. The molecule has 0 aliphatic heterocycles. The van der Waals surface area contributed by atoms with Gasteiger partial charge in [0.25, 0.3) is 10.0 Å². The van der Waals surface area contributed by atoms with Gasteiger partial charge in [-0.15, -0.1) is 0 Å². The molecule has 5 nitrogen and oxygen atoms in total. The number of pyridine rings is 1. The molecule has 0 saturated carbocycles. The van der Waals surface area contributed by atoms with E-state index in [2.05, 4.69) is 25.6 Å². The maximum Gasteiger partial charge on any atom is 0.263 e. The van der Waals surface area contributed by atoms with Gasteiger partial charge in [0.05, 0.1) is 5.69 Å². The van der Waals surface area contributed by atoms with E-state index >= 15 is 0 Å². The summed E-state index contributed by atoms with van der Waals surface area (Å²) in [7, 11) is -3.65. The first-order valence-electron chi connectivity index (χ1n) is 5.38. The van der Waals surface area contributed by atoms with Crippen molar-refractivity contribution >= 4 is 37.3 Å². The Hall–Kier alpha value is -1.60. The second-order valence-electron chi connectivity index (χ2n) is 4.02. The number of anilines is 2. The zero-order chi connectivity index (χ0) is 14.0. The fourth-order valence-electron chi connectivity index (χ4n) is 1.54. The van der Waals surface area contributed by atoms with Gasteiger partial charge in [0.2, 0.25) is 0 Å². The fourth-order valence-corrected chi connectivity index (χ4v) is 3.18. The molecule has 19 heavy (non-hydrogen) atoms. The average Bonchev–Trinajstić information content (AvgIpc) is 2.33. The minimum Gasteiger partial charge on any atom is -0.399 e. The molecule has 0 spiro atoms. The molecule has 100 valence electrons. The maximum atomic E-state index is 12.2. The van der Waals surface area contributed by atoms with Gasteiger partial charge in [-0.3, -0.25) is 9.71 Å². The van der Waals surface area contributed by atoms with Gasteiger partial charge < -0.3 is 5.73 Å². The number of benzene rings is 1. The summed E-state index contributed by atoms with van der Waals surface area (Å²) in [4.78, 5) is 3.94. The molecule has 0 aliphatic carbocycles. The van der Waals surface area contributed by atoms with Crippen molar-refractivity contribution in [2.45, 2.75) is 11.8 Å². The lowest BCUT2D eigenvalue weighted by atomic mass is 10.2. The SMILES string of the molecule is Cc1cc(N)ccc1NS(=O)(=O)c1cncc(Br)c1. The highest BCUT2D eigenvalue weighted by molar-refractivity contribution is 9.10. The van der Waals surface area contributed by atoms with Crippen molar-refractivity contribution in [3.8, 4) is 0 Å². The fraction of sp³-hybridized carbons (Fsp3) is 0.0833. The zero-order valence-electron chi connectivity index (χ0n) is 10.1. The molecule has 0 amide bonds. The van der Waals surface area contributed by atoms with Crippen molar-refractivity contribution in [2.24, 2.45) is 0 Å². The monoisotopic (exact) mass is 341 g/mol. The number of aryl methyl sites for hydroxylation is 1. The van der Waals surface area contributed by atoms with Crippen LogP contribution in [-0.4, -0.2) is 13.4 Å². The molecule has 0 aliphatic rings. The second kappa shape index (κ2) is 5.18. The predicted molar refractivity (Wildman–Crippen MR) is 78.3 cm³/mol. The van der Waals surface area contributed by atoms with Crippen molar-refractivity contribution in [2.75, 3.05) is 10.5 Å². The Morgan fingerprint density at radius 2 is 2.00 bits per heavy atom. The normalized spacial score (nSPS) is 11.3. The predicted octanol–water partition coefficient (Wildman–Crippen LogP) is 2.54. The second-order valence-corrected chi connectivity index (χ2v) is 6.62. The number of sulfonamides is 1. The summed E-state index contributed by atoms with van der Waals surface area (Å²) in [6.07, 6.45) is 2.81. The first-order valence-corrected chi connectivity index (χ1v) is 7.65. The van der Waals surface area contributed by atoms with E-state index in [-0.39, 0.29) is 4.90 Å². The van der Waals surface area contributed by atoms with Crippen LogP contribution < -0.4 is 10.5 Å². The molecular weight excluding hydrogens is 330 g/mol. The van der Waals surface area contributed by atoms with Crippen molar-refractivity contribution in [3.05, 3.63) is 46.7 Å². The number of nitrogen functional groups attached to an aromatic ring is 1. The first-order chi connectivity index (χ1) is 8.88. The van der Waals surface area contributed by atoms with Crippen LogP contribution in [0.1, 0.15) is 5.56 Å². The van der Waals surface area contributed by atoms with E-state index in [0.29, 0.717) is 15.8 Å². The van der Waals surface area contributed by atoms with Crippen molar-refractivity contribution in [3.63, 3.8) is 0 Å². The Morgan fingerprint density at radius 3 is 2.63 bits per heavy atom. The highest BCUT2D eigenvalue weighted by Gasteiger charge is 2.16. The third-order valence-electron chi connectivity index (χ3n) is 2.48. The summed E-state index contributed by atoms with van der Waals surface area (Å²) in [6, 6.07) is 6.47. The summed E-state index contributed by atoms with van der Waals surface area (Å²) in [5.74, 6) is 0. The first kappa shape index (κ1) is 13.8. The molecule has 0 fully saturated rings. The molecule has 2 rings (SSSR count). The minimum atomic E-state index is -3.65. The molecule has 0 atom stereocenters. The molecule has 0 radical (unpaired) electrons. The Labute approximate surface area is 120 Å². The molecule has 2 aromatic rings. The van der Waals surface area contributed by atoms with Crippen LogP contribution in [0.25, 0.3) is 0 Å². The number of hydrogen-bond acceptors (Lipinski definition) is 4. The number of nitrogens with zero attached hydrogens (tertiary/aromatic N) is 1. The van der Waals surface area contributed by atoms with Crippen LogP contribution in [-0.2, 0) is 10.0 Å². The average molecular weight is 342 g/mol. The number of aromatic nitrogens is 1. The molecule has 1 heterocycles. The van der Waals surface area contributed by atoms with Crippen LogP contribution >= 0.6 is 15.9 Å². The van der Waals surface area contributed by atoms with Crippen LogP contribution in [0.15, 0.2) is 46.0 Å². The Balaban J connectivity index is 2.36. The van der Waals surface area contributed by atoms with Crippen molar-refractivity contribution in [1.29, 1.82) is 0 Å². The van der Waals surface area contributed by atoms with Gasteiger partial charge in [-0.05, 0) is 52.7 Å². The molecule has 0 unspecified atom stereocenters. The molecule has 1 aromatic heterocycles. The van der Waals surface area contributed by atoms with E-state index in [1.807, 2.05) is 0 Å². The van der Waals surface area contributed by atoms with Crippen LogP contribution in [0, 0.1) is 6.92 Å². The highest BCUT2D eigenvalue weighted by Crippen LogP contribution is 2.22. The van der Waals surface area contributed by atoms with E-state index in [9.17, 15) is 8.42 Å². The van der Waals surface area contributed by atoms with Gasteiger partial charge in [-0.25, -0.2) is 8.42 Å². The molecule has 7 heteroatoms. The number of halogens is 1. The van der Waals surface area contributed by atoms with Gasteiger partial charge in [0.15, 0.2) is 0 Å². The molecule has 3 N–H and O–H groups in total. The Bertz CT molecular complexity index is 717. The largest absolute Gasteiger partial charge is 0.399 e. The molecular formula is C12H12BrN3O2S. The van der Waals surface area contributed by atoms with Crippen LogP contribution in [0.2, 0.25) is 0 Å². The smallest absolute Gasteiger partial charge is 0.263 e.